The minimum Gasteiger partial charge on any atom is -0.489 e. The summed E-state index contributed by atoms with van der Waals surface area (Å²) in [5, 5.41) is 9.48. The van der Waals surface area contributed by atoms with E-state index < -0.39 is 17.6 Å². The number of imidazole rings is 1. The average molecular weight is 520 g/mol. The number of aromatic nitrogens is 2. The van der Waals surface area contributed by atoms with Crippen molar-refractivity contribution in [1.82, 2.24) is 14.5 Å². The number of fused-ring (bicyclic) bond motifs is 2. The first-order chi connectivity index (χ1) is 18.4. The smallest absolute Gasteiger partial charge is 0.335 e. The van der Waals surface area contributed by atoms with Crippen LogP contribution in [0.3, 0.4) is 0 Å². The molecule has 2 aliphatic heterocycles. The lowest BCUT2D eigenvalue weighted by molar-refractivity contribution is -0.0592. The van der Waals surface area contributed by atoms with Crippen LogP contribution in [0.25, 0.3) is 11.0 Å². The normalized spacial score (nSPS) is 17.3. The fourth-order valence-corrected chi connectivity index (χ4v) is 5.09. The van der Waals surface area contributed by atoms with E-state index in [1.807, 2.05) is 18.2 Å². The van der Waals surface area contributed by atoms with Crippen molar-refractivity contribution in [2.24, 2.45) is 0 Å². The highest BCUT2D eigenvalue weighted by Crippen LogP contribution is 2.28. The summed E-state index contributed by atoms with van der Waals surface area (Å²) < 4.78 is 41.0. The second kappa shape index (κ2) is 10.2. The molecule has 0 spiro atoms. The van der Waals surface area contributed by atoms with Gasteiger partial charge in [0.15, 0.2) is 0 Å². The van der Waals surface area contributed by atoms with Gasteiger partial charge in [0.25, 0.3) is 0 Å². The van der Waals surface area contributed by atoms with Gasteiger partial charge in [-0.3, -0.25) is 4.90 Å². The Balaban J connectivity index is 1.21. The Labute approximate surface area is 218 Å². The van der Waals surface area contributed by atoms with E-state index in [0.717, 1.165) is 66.6 Å². The molecule has 1 saturated heterocycles. The Morgan fingerprint density at radius 1 is 1.11 bits per heavy atom. The highest BCUT2D eigenvalue weighted by atomic mass is 19.1. The average Bonchev–Trinajstić information content (AvgIpc) is 3.22. The van der Waals surface area contributed by atoms with Crippen molar-refractivity contribution in [1.29, 1.82) is 0 Å². The minimum atomic E-state index is -0.966. The third-order valence-corrected chi connectivity index (χ3v) is 7.29. The van der Waals surface area contributed by atoms with E-state index in [4.69, 9.17) is 14.5 Å². The van der Waals surface area contributed by atoms with Crippen molar-refractivity contribution < 1.29 is 28.2 Å². The number of nitrogens with zero attached hydrogens (tertiary/aromatic N) is 3. The van der Waals surface area contributed by atoms with Crippen LogP contribution >= 0.6 is 0 Å². The monoisotopic (exact) mass is 519 g/mol. The molecular formula is C29H27F2N3O4. The number of hydrogen-bond donors (Lipinski definition) is 1. The predicted octanol–water partition coefficient (Wildman–Crippen LogP) is 4.94. The van der Waals surface area contributed by atoms with Gasteiger partial charge >= 0.3 is 5.97 Å². The zero-order valence-electron chi connectivity index (χ0n) is 20.7. The number of carbonyl (C=O) groups is 1. The van der Waals surface area contributed by atoms with Crippen molar-refractivity contribution in [2.45, 2.75) is 45.2 Å². The lowest BCUT2D eigenvalue weighted by Gasteiger charge is -2.30. The number of benzene rings is 3. The van der Waals surface area contributed by atoms with Crippen molar-refractivity contribution in [2.75, 3.05) is 13.2 Å². The first-order valence-corrected chi connectivity index (χ1v) is 12.7. The van der Waals surface area contributed by atoms with E-state index in [1.165, 1.54) is 5.56 Å². The lowest BCUT2D eigenvalue weighted by atomic mass is 9.99. The summed E-state index contributed by atoms with van der Waals surface area (Å²) in [6.07, 6.45) is 1.93. The topological polar surface area (TPSA) is 76.8 Å². The van der Waals surface area contributed by atoms with E-state index in [2.05, 4.69) is 9.47 Å². The number of aromatic carboxylic acids is 1. The van der Waals surface area contributed by atoms with Gasteiger partial charge < -0.3 is 19.1 Å². The highest BCUT2D eigenvalue weighted by molar-refractivity contribution is 5.92. The first kappa shape index (κ1) is 24.5. The van der Waals surface area contributed by atoms with Crippen LogP contribution in [0.1, 0.15) is 39.3 Å². The quantitative estimate of drug-likeness (QED) is 0.356. The maximum Gasteiger partial charge on any atom is 0.335 e. The van der Waals surface area contributed by atoms with Gasteiger partial charge in [0.05, 0.1) is 35.8 Å². The van der Waals surface area contributed by atoms with Crippen LogP contribution in [-0.4, -0.2) is 44.8 Å². The second-order valence-electron chi connectivity index (χ2n) is 9.84. The number of halogens is 2. The van der Waals surface area contributed by atoms with Crippen molar-refractivity contribution in [3.8, 4) is 5.75 Å². The van der Waals surface area contributed by atoms with E-state index in [9.17, 15) is 18.7 Å². The molecule has 196 valence electrons. The summed E-state index contributed by atoms with van der Waals surface area (Å²) in [4.78, 5) is 18.7. The number of ether oxygens (including phenoxy) is 2. The third-order valence-electron chi connectivity index (χ3n) is 7.29. The molecule has 2 aliphatic rings. The Bertz CT molecular complexity index is 1520. The third kappa shape index (κ3) is 4.99. The maximum absolute atomic E-state index is 14.0. The van der Waals surface area contributed by atoms with Gasteiger partial charge in [0, 0.05) is 25.3 Å². The van der Waals surface area contributed by atoms with Gasteiger partial charge in [-0.15, -0.1) is 0 Å². The van der Waals surface area contributed by atoms with Crippen LogP contribution in [0.4, 0.5) is 8.78 Å². The fraction of sp³-hybridized carbons (Fsp3) is 0.310. The lowest BCUT2D eigenvalue weighted by Crippen LogP contribution is -2.34. The molecular weight excluding hydrogens is 492 g/mol. The van der Waals surface area contributed by atoms with Crippen molar-refractivity contribution >= 4 is 17.0 Å². The Hall–Kier alpha value is -3.82. The standard InChI is InChI=1S/C29H27F2N3O4/c30-22-3-5-25(31)21(11-22)17-38-23-4-1-18-7-9-33(14-20(18)12-23)16-28-32-26-6-2-19(29(35)36)13-27(26)34(28)15-24-8-10-37-24/h1-6,11-13,24H,7-10,14-17H2,(H,35,36)/t24-/m0/s1. The largest absolute Gasteiger partial charge is 0.489 e. The molecule has 4 aromatic rings. The van der Waals surface area contributed by atoms with Gasteiger partial charge in [-0.1, -0.05) is 6.07 Å². The van der Waals surface area contributed by atoms with Crippen LogP contribution < -0.4 is 4.74 Å². The van der Waals surface area contributed by atoms with E-state index in [-0.39, 0.29) is 23.8 Å². The molecule has 0 saturated carbocycles. The fourth-order valence-electron chi connectivity index (χ4n) is 5.09. The molecule has 0 unspecified atom stereocenters. The molecule has 38 heavy (non-hydrogen) atoms. The number of hydrogen-bond acceptors (Lipinski definition) is 5. The second-order valence-corrected chi connectivity index (χ2v) is 9.84. The molecule has 1 fully saturated rings. The molecule has 0 amide bonds. The molecule has 1 atom stereocenters. The summed E-state index contributed by atoms with van der Waals surface area (Å²) >= 11 is 0. The number of carboxylic acid groups (broad SMARTS) is 1. The van der Waals surface area contributed by atoms with E-state index in [1.54, 1.807) is 18.2 Å². The van der Waals surface area contributed by atoms with Crippen molar-refractivity contribution in [3.63, 3.8) is 0 Å². The van der Waals surface area contributed by atoms with Crippen LogP contribution in [0, 0.1) is 11.6 Å². The molecule has 0 aliphatic carbocycles. The van der Waals surface area contributed by atoms with Crippen LogP contribution in [0.15, 0.2) is 54.6 Å². The summed E-state index contributed by atoms with van der Waals surface area (Å²) in [5.41, 5.74) is 4.32. The molecule has 1 N–H and O–H groups in total. The van der Waals surface area contributed by atoms with Gasteiger partial charge in [0.1, 0.15) is 29.8 Å². The van der Waals surface area contributed by atoms with Crippen LogP contribution in [-0.2, 0) is 37.4 Å². The molecule has 0 bridgehead atoms. The minimum absolute atomic E-state index is 0.0578. The Morgan fingerprint density at radius 2 is 1.97 bits per heavy atom. The summed E-state index contributed by atoms with van der Waals surface area (Å²) in [5.74, 6) is -0.492. The molecule has 0 radical (unpaired) electrons. The predicted molar refractivity (Wildman–Crippen MR) is 136 cm³/mol. The zero-order valence-corrected chi connectivity index (χ0v) is 20.7. The van der Waals surface area contributed by atoms with Gasteiger partial charge in [-0.2, -0.15) is 0 Å². The van der Waals surface area contributed by atoms with Gasteiger partial charge in [-0.05, 0) is 72.5 Å². The van der Waals surface area contributed by atoms with E-state index >= 15 is 0 Å². The summed E-state index contributed by atoms with van der Waals surface area (Å²) in [6.45, 7) is 3.45. The van der Waals surface area contributed by atoms with Crippen molar-refractivity contribution in [3.05, 3.63) is 94.3 Å². The van der Waals surface area contributed by atoms with E-state index in [0.29, 0.717) is 25.4 Å². The summed E-state index contributed by atoms with van der Waals surface area (Å²) in [7, 11) is 0. The first-order valence-electron chi connectivity index (χ1n) is 12.7. The van der Waals surface area contributed by atoms with Crippen LogP contribution in [0.5, 0.6) is 5.75 Å². The molecule has 3 aromatic carbocycles. The molecule has 3 heterocycles. The zero-order chi connectivity index (χ0) is 26.2. The SMILES string of the molecule is O=C(O)c1ccc2nc(CN3CCc4ccc(OCc5cc(F)ccc5F)cc4C3)n(C[C@@H]3CCO3)c2c1. The maximum atomic E-state index is 14.0. The van der Waals surface area contributed by atoms with Gasteiger partial charge in [-0.25, -0.2) is 18.6 Å². The Kier molecular flexibility index (Phi) is 6.55. The molecule has 6 rings (SSSR count). The Morgan fingerprint density at radius 3 is 2.76 bits per heavy atom. The van der Waals surface area contributed by atoms with Gasteiger partial charge in [0.2, 0.25) is 0 Å². The highest BCUT2D eigenvalue weighted by Gasteiger charge is 2.25. The molecule has 1 aromatic heterocycles. The molecule has 7 nitrogen and oxygen atoms in total. The molecule has 9 heteroatoms. The number of carboxylic acids is 1. The van der Waals surface area contributed by atoms with Crippen LogP contribution in [0.2, 0.25) is 0 Å². The summed E-state index contributed by atoms with van der Waals surface area (Å²) in [6, 6.07) is 14.2. The number of rotatable bonds is 8.